The van der Waals surface area contributed by atoms with E-state index >= 15 is 0 Å². The van der Waals surface area contributed by atoms with Crippen molar-refractivity contribution in [2.24, 2.45) is 0 Å². The van der Waals surface area contributed by atoms with Crippen molar-refractivity contribution in [1.82, 2.24) is 0 Å². The molecule has 0 aliphatic rings. The molecule has 0 aliphatic heterocycles. The summed E-state index contributed by atoms with van der Waals surface area (Å²) in [5, 5.41) is 0. The molecule has 0 aromatic heterocycles. The Morgan fingerprint density at radius 2 is 1.47 bits per heavy atom. The first kappa shape index (κ1) is 13.7. The molecular formula is C7H8F3NO3S. The molecule has 1 rings (SSSR count). The molecule has 0 saturated carbocycles. The molecule has 0 atom stereocenters. The Labute approximate surface area is 84.3 Å². The van der Waals surface area contributed by atoms with Crippen molar-refractivity contribution in [3.63, 3.8) is 0 Å². The largest absolute Gasteiger partial charge is 0.522 e. The fraction of sp³-hybridized carbons (Fsp3) is 0.143. The van der Waals surface area contributed by atoms with Crippen LogP contribution in [0.15, 0.2) is 30.3 Å². The van der Waals surface area contributed by atoms with Crippen LogP contribution in [-0.2, 0) is 10.1 Å². The quantitative estimate of drug-likeness (QED) is 0.412. The minimum Gasteiger partial charge on any atom is -0.399 e. The molecule has 0 spiro atoms. The molecule has 0 amide bonds. The number of para-hydroxylation sites is 1. The van der Waals surface area contributed by atoms with Gasteiger partial charge in [0.1, 0.15) is 0 Å². The van der Waals surface area contributed by atoms with E-state index in [0.29, 0.717) is 0 Å². The van der Waals surface area contributed by atoms with Gasteiger partial charge in [-0.2, -0.15) is 21.6 Å². The van der Waals surface area contributed by atoms with Crippen LogP contribution in [0.4, 0.5) is 18.9 Å². The lowest BCUT2D eigenvalue weighted by Crippen LogP contribution is -2.21. The van der Waals surface area contributed by atoms with Crippen LogP contribution in [0.5, 0.6) is 0 Å². The van der Waals surface area contributed by atoms with Gasteiger partial charge in [0.25, 0.3) is 0 Å². The Morgan fingerprint density at radius 3 is 1.60 bits per heavy atom. The van der Waals surface area contributed by atoms with Crippen LogP contribution >= 0.6 is 0 Å². The topological polar surface area (TPSA) is 80.4 Å². The summed E-state index contributed by atoms with van der Waals surface area (Å²) in [4.78, 5) is 0. The smallest absolute Gasteiger partial charge is 0.399 e. The van der Waals surface area contributed by atoms with Gasteiger partial charge in [-0.3, -0.25) is 4.55 Å². The Morgan fingerprint density at radius 1 is 1.13 bits per heavy atom. The molecule has 0 bridgehead atoms. The molecule has 1 aromatic rings. The van der Waals surface area contributed by atoms with Crippen molar-refractivity contribution in [2.45, 2.75) is 5.51 Å². The minimum atomic E-state index is -5.84. The number of rotatable bonds is 0. The fourth-order valence-corrected chi connectivity index (χ4v) is 0.453. The fourth-order valence-electron chi connectivity index (χ4n) is 0.453. The van der Waals surface area contributed by atoms with E-state index in [2.05, 4.69) is 0 Å². The highest BCUT2D eigenvalue weighted by Gasteiger charge is 2.44. The number of anilines is 1. The maximum Gasteiger partial charge on any atom is 0.522 e. The Balaban J connectivity index is 0.000000262. The summed E-state index contributed by atoms with van der Waals surface area (Å²) in [5.74, 6) is 0. The van der Waals surface area contributed by atoms with E-state index in [4.69, 9.17) is 18.7 Å². The van der Waals surface area contributed by atoms with Gasteiger partial charge in [0.05, 0.1) is 0 Å². The van der Waals surface area contributed by atoms with Crippen molar-refractivity contribution in [2.75, 3.05) is 5.73 Å². The molecule has 0 saturated heterocycles. The van der Waals surface area contributed by atoms with Gasteiger partial charge in [-0.15, -0.1) is 0 Å². The zero-order valence-corrected chi connectivity index (χ0v) is 8.09. The number of hydrogen-bond donors (Lipinski definition) is 2. The van der Waals surface area contributed by atoms with Crippen LogP contribution in [0.3, 0.4) is 0 Å². The molecule has 86 valence electrons. The van der Waals surface area contributed by atoms with Crippen LogP contribution in [0.1, 0.15) is 0 Å². The maximum atomic E-state index is 10.7. The van der Waals surface area contributed by atoms with Crippen LogP contribution in [0, 0.1) is 0 Å². The molecule has 0 fully saturated rings. The predicted molar refractivity (Wildman–Crippen MR) is 48.5 cm³/mol. The zero-order chi connectivity index (χ0) is 12.1. The van der Waals surface area contributed by atoms with Crippen LogP contribution in [0.2, 0.25) is 0 Å². The van der Waals surface area contributed by atoms with Crippen molar-refractivity contribution in [3.05, 3.63) is 30.3 Å². The first-order valence-corrected chi connectivity index (χ1v) is 4.93. The molecule has 0 radical (unpaired) electrons. The van der Waals surface area contributed by atoms with E-state index in [1.165, 1.54) is 0 Å². The lowest BCUT2D eigenvalue weighted by atomic mass is 10.3. The van der Waals surface area contributed by atoms with Gasteiger partial charge in [0.2, 0.25) is 0 Å². The van der Waals surface area contributed by atoms with E-state index in [9.17, 15) is 13.2 Å². The first-order valence-electron chi connectivity index (χ1n) is 3.49. The second kappa shape index (κ2) is 4.99. The lowest BCUT2D eigenvalue weighted by molar-refractivity contribution is -0.0510. The summed E-state index contributed by atoms with van der Waals surface area (Å²) in [5.41, 5.74) is 0.645. The molecular weight excluding hydrogens is 235 g/mol. The number of alkyl halides is 3. The number of halogens is 3. The van der Waals surface area contributed by atoms with Crippen LogP contribution in [0.25, 0.3) is 0 Å². The van der Waals surface area contributed by atoms with Gasteiger partial charge < -0.3 is 5.73 Å². The number of nitrogen functional groups attached to an aromatic ring is 1. The van der Waals surface area contributed by atoms with Crippen molar-refractivity contribution in [3.8, 4) is 0 Å². The Hall–Kier alpha value is -1.28. The highest BCUT2D eigenvalue weighted by atomic mass is 32.2. The van der Waals surface area contributed by atoms with E-state index < -0.39 is 15.6 Å². The summed E-state index contributed by atoms with van der Waals surface area (Å²) >= 11 is 0. The molecule has 4 nitrogen and oxygen atoms in total. The molecule has 1 aromatic carbocycles. The van der Waals surface area contributed by atoms with E-state index in [0.717, 1.165) is 5.69 Å². The van der Waals surface area contributed by atoms with Gasteiger partial charge >= 0.3 is 15.6 Å². The minimum absolute atomic E-state index is 0.822. The van der Waals surface area contributed by atoms with Gasteiger partial charge in [-0.1, -0.05) is 18.2 Å². The SMILES string of the molecule is Nc1ccccc1.O=S(=O)(O)C(F)(F)F. The van der Waals surface area contributed by atoms with E-state index in [1.807, 2.05) is 30.3 Å². The third-order valence-electron chi connectivity index (χ3n) is 1.09. The van der Waals surface area contributed by atoms with E-state index in [1.54, 1.807) is 0 Å². The third kappa shape index (κ3) is 5.92. The zero-order valence-electron chi connectivity index (χ0n) is 7.27. The monoisotopic (exact) mass is 243 g/mol. The van der Waals surface area contributed by atoms with Crippen molar-refractivity contribution in [1.29, 1.82) is 0 Å². The molecule has 8 heteroatoms. The number of hydrogen-bond acceptors (Lipinski definition) is 3. The first-order chi connectivity index (χ1) is 6.64. The summed E-state index contributed by atoms with van der Waals surface area (Å²) in [6.45, 7) is 0. The van der Waals surface area contributed by atoms with Gasteiger partial charge in [-0.25, -0.2) is 0 Å². The van der Waals surface area contributed by atoms with Gasteiger partial charge in [0, 0.05) is 5.69 Å². The molecule has 0 unspecified atom stereocenters. The van der Waals surface area contributed by atoms with E-state index in [-0.39, 0.29) is 0 Å². The maximum absolute atomic E-state index is 10.7. The average Bonchev–Trinajstić information content (AvgIpc) is 2.02. The normalized spacial score (nSPS) is 11.5. The summed E-state index contributed by atoms with van der Waals surface area (Å²) in [7, 11) is -5.84. The summed E-state index contributed by atoms with van der Waals surface area (Å²) < 4.78 is 57.5. The summed E-state index contributed by atoms with van der Waals surface area (Å²) in [6, 6.07) is 9.49. The highest BCUT2D eigenvalue weighted by Crippen LogP contribution is 2.20. The standard InChI is InChI=1S/C6H7N.CHF3O3S/c7-6-4-2-1-3-5-6;2-1(3,4)8(5,6)7/h1-5H,7H2;(H,5,6,7). The van der Waals surface area contributed by atoms with Crippen molar-refractivity contribution < 1.29 is 26.1 Å². The predicted octanol–water partition coefficient (Wildman–Crippen LogP) is 1.66. The molecule has 15 heavy (non-hydrogen) atoms. The molecule has 0 heterocycles. The molecule has 0 aliphatic carbocycles. The molecule has 3 N–H and O–H groups in total. The lowest BCUT2D eigenvalue weighted by Gasteiger charge is -1.97. The van der Waals surface area contributed by atoms with Gasteiger partial charge in [-0.05, 0) is 12.1 Å². The Kier molecular flexibility index (Phi) is 4.56. The second-order valence-corrected chi connectivity index (χ2v) is 3.74. The number of benzene rings is 1. The van der Waals surface area contributed by atoms with Crippen LogP contribution < -0.4 is 5.73 Å². The number of nitrogens with two attached hydrogens (primary N) is 1. The van der Waals surface area contributed by atoms with Crippen LogP contribution in [-0.4, -0.2) is 18.5 Å². The highest BCUT2D eigenvalue weighted by molar-refractivity contribution is 7.86. The second-order valence-electron chi connectivity index (χ2n) is 2.33. The van der Waals surface area contributed by atoms with Gasteiger partial charge in [0.15, 0.2) is 0 Å². The summed E-state index contributed by atoms with van der Waals surface area (Å²) in [6.07, 6.45) is 0. The van der Waals surface area contributed by atoms with Crippen molar-refractivity contribution >= 4 is 15.8 Å². The average molecular weight is 243 g/mol. The Bertz CT molecular complexity index is 388. The third-order valence-corrected chi connectivity index (χ3v) is 1.68.